The number of amides is 1. The molecule has 6 heteroatoms. The molecular formula is C19H26F3NO2. The highest BCUT2D eigenvalue weighted by Gasteiger charge is 2.41. The van der Waals surface area contributed by atoms with Gasteiger partial charge in [0.05, 0.1) is 11.6 Å². The highest BCUT2D eigenvalue weighted by Crippen LogP contribution is 2.35. The van der Waals surface area contributed by atoms with E-state index in [-0.39, 0.29) is 5.92 Å². The van der Waals surface area contributed by atoms with E-state index < -0.39 is 29.8 Å². The third-order valence-corrected chi connectivity index (χ3v) is 4.61. The second-order valence-corrected chi connectivity index (χ2v) is 6.40. The fourth-order valence-electron chi connectivity index (χ4n) is 2.52. The average molecular weight is 357 g/mol. The Kier molecular flexibility index (Phi) is 7.23. The Labute approximate surface area is 147 Å². The Morgan fingerprint density at radius 3 is 2.28 bits per heavy atom. The zero-order valence-corrected chi connectivity index (χ0v) is 15.1. The summed E-state index contributed by atoms with van der Waals surface area (Å²) in [6.07, 6.45) is -3.26. The lowest BCUT2D eigenvalue weighted by Crippen LogP contribution is -2.47. The van der Waals surface area contributed by atoms with Gasteiger partial charge in [0.1, 0.15) is 6.10 Å². The lowest BCUT2D eigenvalue weighted by Gasteiger charge is -2.39. The molecule has 0 heterocycles. The monoisotopic (exact) mass is 357 g/mol. The maximum atomic E-state index is 12.6. The van der Waals surface area contributed by atoms with Crippen LogP contribution in [0.5, 0.6) is 0 Å². The van der Waals surface area contributed by atoms with Crippen molar-refractivity contribution in [2.45, 2.75) is 58.0 Å². The standard InChI is InChI=1S/C19H26F3NO2/c1-6-13(3)18(5,7-2)25-16(15-11-9-8-10-12-15)14(4)23-17(24)19(20,21)22/h6,8-14,16H,1,7H2,2-5H3,(H,23,24)/t13-,14+,16-,18+/m1/s1. The summed E-state index contributed by atoms with van der Waals surface area (Å²) in [5.41, 5.74) is 0.0767. The molecule has 0 aliphatic heterocycles. The summed E-state index contributed by atoms with van der Waals surface area (Å²) >= 11 is 0. The van der Waals surface area contributed by atoms with Crippen molar-refractivity contribution in [3.8, 4) is 0 Å². The highest BCUT2D eigenvalue weighted by atomic mass is 19.4. The van der Waals surface area contributed by atoms with Crippen molar-refractivity contribution >= 4 is 5.91 Å². The third kappa shape index (κ3) is 5.59. The number of hydrogen-bond acceptors (Lipinski definition) is 2. The zero-order chi connectivity index (χ0) is 19.3. The molecular weight excluding hydrogens is 331 g/mol. The molecule has 0 radical (unpaired) electrons. The van der Waals surface area contributed by atoms with Gasteiger partial charge in [-0.3, -0.25) is 4.79 Å². The minimum atomic E-state index is -4.93. The Hall–Kier alpha value is -1.82. The van der Waals surface area contributed by atoms with Gasteiger partial charge in [-0.2, -0.15) is 13.2 Å². The molecule has 1 aromatic rings. The summed E-state index contributed by atoms with van der Waals surface area (Å²) in [6, 6.07) is 8.06. The Bertz CT molecular complexity index is 574. The molecule has 0 fully saturated rings. The van der Waals surface area contributed by atoms with Crippen LogP contribution in [-0.4, -0.2) is 23.7 Å². The number of hydrogen-bond donors (Lipinski definition) is 1. The number of benzene rings is 1. The van der Waals surface area contributed by atoms with Crippen LogP contribution in [0.1, 0.15) is 45.8 Å². The summed E-state index contributed by atoms with van der Waals surface area (Å²) in [5.74, 6) is -1.99. The van der Waals surface area contributed by atoms with E-state index in [2.05, 4.69) is 6.58 Å². The van der Waals surface area contributed by atoms with E-state index in [1.165, 1.54) is 6.92 Å². The van der Waals surface area contributed by atoms with Crippen LogP contribution in [0.4, 0.5) is 13.2 Å². The summed E-state index contributed by atoms with van der Waals surface area (Å²) < 4.78 is 44.0. The maximum absolute atomic E-state index is 12.6. The summed E-state index contributed by atoms with van der Waals surface area (Å²) in [5, 5.41) is 2.01. The van der Waals surface area contributed by atoms with Crippen molar-refractivity contribution in [3.05, 3.63) is 48.6 Å². The van der Waals surface area contributed by atoms with Crippen LogP contribution in [0, 0.1) is 5.92 Å². The van der Waals surface area contributed by atoms with Crippen LogP contribution in [0.3, 0.4) is 0 Å². The molecule has 0 aliphatic rings. The first-order valence-corrected chi connectivity index (χ1v) is 8.28. The molecule has 1 amide bonds. The van der Waals surface area contributed by atoms with Gasteiger partial charge in [-0.15, -0.1) is 6.58 Å². The van der Waals surface area contributed by atoms with Crippen LogP contribution in [0.15, 0.2) is 43.0 Å². The van der Waals surface area contributed by atoms with Crippen molar-refractivity contribution in [1.82, 2.24) is 5.32 Å². The Morgan fingerprint density at radius 2 is 1.84 bits per heavy atom. The van der Waals surface area contributed by atoms with Crippen LogP contribution in [-0.2, 0) is 9.53 Å². The van der Waals surface area contributed by atoms with E-state index in [0.29, 0.717) is 12.0 Å². The zero-order valence-electron chi connectivity index (χ0n) is 15.1. The Balaban J connectivity index is 3.13. The lowest BCUT2D eigenvalue weighted by atomic mass is 9.87. The average Bonchev–Trinajstić information content (AvgIpc) is 2.58. The highest BCUT2D eigenvalue weighted by molar-refractivity contribution is 5.82. The molecule has 0 spiro atoms. The predicted molar refractivity (Wildman–Crippen MR) is 92.0 cm³/mol. The van der Waals surface area contributed by atoms with Gasteiger partial charge in [0.2, 0.25) is 0 Å². The molecule has 0 aliphatic carbocycles. The van der Waals surface area contributed by atoms with Gasteiger partial charge in [0.15, 0.2) is 0 Å². The third-order valence-electron chi connectivity index (χ3n) is 4.61. The number of alkyl halides is 3. The molecule has 1 N–H and O–H groups in total. The van der Waals surface area contributed by atoms with Crippen LogP contribution in [0.25, 0.3) is 0 Å². The first-order chi connectivity index (χ1) is 11.5. The summed E-state index contributed by atoms with van der Waals surface area (Å²) in [4.78, 5) is 11.3. The van der Waals surface area contributed by atoms with Crippen molar-refractivity contribution in [3.63, 3.8) is 0 Å². The van der Waals surface area contributed by atoms with Crippen molar-refractivity contribution < 1.29 is 22.7 Å². The van der Waals surface area contributed by atoms with E-state index in [1.807, 2.05) is 32.2 Å². The van der Waals surface area contributed by atoms with Crippen molar-refractivity contribution in [2.24, 2.45) is 5.92 Å². The van der Waals surface area contributed by atoms with Crippen LogP contribution in [0.2, 0.25) is 0 Å². The topological polar surface area (TPSA) is 38.3 Å². The number of halogens is 3. The number of rotatable bonds is 8. The van der Waals surface area contributed by atoms with E-state index in [0.717, 1.165) is 0 Å². The van der Waals surface area contributed by atoms with Gasteiger partial charge in [-0.05, 0) is 25.8 Å². The first kappa shape index (κ1) is 21.2. The molecule has 1 aromatic carbocycles. The molecule has 25 heavy (non-hydrogen) atoms. The fraction of sp³-hybridized carbons (Fsp3) is 0.526. The molecule has 4 atom stereocenters. The molecule has 0 aromatic heterocycles. The number of ether oxygens (including phenoxy) is 1. The van der Waals surface area contributed by atoms with Gasteiger partial charge < -0.3 is 10.1 Å². The minimum Gasteiger partial charge on any atom is -0.365 e. The maximum Gasteiger partial charge on any atom is 0.471 e. The normalized spacial score (nSPS) is 17.9. The van der Waals surface area contributed by atoms with E-state index in [1.54, 1.807) is 30.3 Å². The quantitative estimate of drug-likeness (QED) is 0.679. The molecule has 0 unspecified atom stereocenters. The van der Waals surface area contributed by atoms with Crippen LogP contribution >= 0.6 is 0 Å². The van der Waals surface area contributed by atoms with Gasteiger partial charge in [-0.1, -0.05) is 50.3 Å². The number of carbonyl (C=O) groups is 1. The molecule has 3 nitrogen and oxygen atoms in total. The van der Waals surface area contributed by atoms with Crippen LogP contribution < -0.4 is 5.32 Å². The molecule has 0 bridgehead atoms. The predicted octanol–water partition coefficient (Wildman–Crippen LogP) is 4.80. The molecule has 0 saturated heterocycles. The van der Waals surface area contributed by atoms with Gasteiger partial charge in [-0.25, -0.2) is 0 Å². The largest absolute Gasteiger partial charge is 0.471 e. The second-order valence-electron chi connectivity index (χ2n) is 6.40. The molecule has 1 rings (SSSR count). The minimum absolute atomic E-state index is 0.0192. The first-order valence-electron chi connectivity index (χ1n) is 8.28. The SMILES string of the molecule is C=C[C@@H](C)[C@](C)(CC)O[C@@H](c1ccccc1)[C@H](C)NC(=O)C(F)(F)F. The van der Waals surface area contributed by atoms with E-state index in [9.17, 15) is 18.0 Å². The number of carbonyl (C=O) groups excluding carboxylic acids is 1. The number of nitrogens with one attached hydrogen (secondary N) is 1. The fourth-order valence-corrected chi connectivity index (χ4v) is 2.52. The molecule has 0 saturated carbocycles. The van der Waals surface area contributed by atoms with E-state index >= 15 is 0 Å². The Morgan fingerprint density at radius 1 is 1.28 bits per heavy atom. The summed E-state index contributed by atoms with van der Waals surface area (Å²) in [6.45, 7) is 11.1. The van der Waals surface area contributed by atoms with Crippen molar-refractivity contribution in [1.29, 1.82) is 0 Å². The second kappa shape index (κ2) is 8.52. The lowest BCUT2D eigenvalue weighted by molar-refractivity contribution is -0.177. The molecule has 140 valence electrons. The van der Waals surface area contributed by atoms with Gasteiger partial charge in [0, 0.05) is 5.92 Å². The summed E-state index contributed by atoms with van der Waals surface area (Å²) in [7, 11) is 0. The smallest absolute Gasteiger partial charge is 0.365 e. The van der Waals surface area contributed by atoms with Gasteiger partial charge in [0.25, 0.3) is 0 Å². The van der Waals surface area contributed by atoms with Crippen molar-refractivity contribution in [2.75, 3.05) is 0 Å². The van der Waals surface area contributed by atoms with E-state index in [4.69, 9.17) is 4.74 Å². The van der Waals surface area contributed by atoms with Gasteiger partial charge >= 0.3 is 12.1 Å².